The molecule has 17 heavy (non-hydrogen) atoms. The van der Waals surface area contributed by atoms with E-state index < -0.39 is 17.2 Å². The molecule has 6 heteroatoms. The van der Waals surface area contributed by atoms with Crippen molar-refractivity contribution in [3.63, 3.8) is 0 Å². The molecule has 0 spiro atoms. The fraction of sp³-hybridized carbons (Fsp3) is 0. The fourth-order valence-electron chi connectivity index (χ4n) is 1.40. The lowest BCUT2D eigenvalue weighted by Crippen LogP contribution is -2.26. The van der Waals surface area contributed by atoms with Crippen molar-refractivity contribution in [2.45, 2.75) is 0 Å². The van der Waals surface area contributed by atoms with Gasteiger partial charge in [-0.05, 0) is 34.7 Å². The molecule has 0 amide bonds. The predicted molar refractivity (Wildman–Crippen MR) is 69.5 cm³/mol. The van der Waals surface area contributed by atoms with Crippen LogP contribution in [0.3, 0.4) is 0 Å². The maximum absolute atomic E-state index is 11.9. The summed E-state index contributed by atoms with van der Waals surface area (Å²) >= 11 is 2.08. The SMILES string of the molecule is O=C(O)c1nccn(-c2ccccc2I)c1=O. The number of carbonyl (C=O) groups is 1. The molecule has 2 aromatic rings. The summed E-state index contributed by atoms with van der Waals surface area (Å²) in [6.45, 7) is 0. The zero-order valence-electron chi connectivity index (χ0n) is 8.50. The molecule has 0 fully saturated rings. The van der Waals surface area contributed by atoms with E-state index in [-0.39, 0.29) is 0 Å². The first-order valence-electron chi connectivity index (χ1n) is 4.67. The van der Waals surface area contributed by atoms with E-state index in [4.69, 9.17) is 5.11 Å². The van der Waals surface area contributed by atoms with Crippen LogP contribution in [0.2, 0.25) is 0 Å². The van der Waals surface area contributed by atoms with Gasteiger partial charge in [-0.2, -0.15) is 0 Å². The van der Waals surface area contributed by atoms with E-state index in [0.717, 1.165) is 3.57 Å². The Morgan fingerprint density at radius 2 is 2.06 bits per heavy atom. The van der Waals surface area contributed by atoms with Gasteiger partial charge in [-0.25, -0.2) is 9.78 Å². The van der Waals surface area contributed by atoms with Crippen molar-refractivity contribution in [1.29, 1.82) is 0 Å². The molecule has 0 aliphatic heterocycles. The quantitative estimate of drug-likeness (QED) is 0.841. The number of benzene rings is 1. The molecule has 0 atom stereocenters. The lowest BCUT2D eigenvalue weighted by Gasteiger charge is -2.07. The van der Waals surface area contributed by atoms with Crippen molar-refractivity contribution < 1.29 is 9.90 Å². The molecule has 1 aromatic heterocycles. The number of rotatable bonds is 2. The second-order valence-electron chi connectivity index (χ2n) is 3.21. The third-order valence-electron chi connectivity index (χ3n) is 2.16. The summed E-state index contributed by atoms with van der Waals surface area (Å²) in [5, 5.41) is 8.83. The Hall–Kier alpha value is -1.70. The minimum atomic E-state index is -1.32. The molecule has 1 N–H and O–H groups in total. The van der Waals surface area contributed by atoms with Crippen LogP contribution in [0.1, 0.15) is 10.5 Å². The van der Waals surface area contributed by atoms with E-state index in [1.54, 1.807) is 12.1 Å². The van der Waals surface area contributed by atoms with Gasteiger partial charge >= 0.3 is 5.97 Å². The summed E-state index contributed by atoms with van der Waals surface area (Å²) in [4.78, 5) is 26.3. The van der Waals surface area contributed by atoms with Gasteiger partial charge in [0, 0.05) is 16.0 Å². The maximum atomic E-state index is 11.9. The molecule has 1 aromatic carbocycles. The normalized spacial score (nSPS) is 10.2. The minimum Gasteiger partial charge on any atom is -0.476 e. The van der Waals surface area contributed by atoms with E-state index >= 15 is 0 Å². The smallest absolute Gasteiger partial charge is 0.360 e. The molecule has 0 radical (unpaired) electrons. The third-order valence-corrected chi connectivity index (χ3v) is 3.07. The van der Waals surface area contributed by atoms with Crippen LogP contribution in [0.5, 0.6) is 0 Å². The molecule has 1 heterocycles. The summed E-state index contributed by atoms with van der Waals surface area (Å²) in [6, 6.07) is 7.21. The van der Waals surface area contributed by atoms with Crippen molar-refractivity contribution in [3.8, 4) is 5.69 Å². The molecule has 5 nitrogen and oxygen atoms in total. The summed E-state index contributed by atoms with van der Waals surface area (Å²) in [5.41, 5.74) is -0.473. The number of carboxylic acid groups (broad SMARTS) is 1. The molecule has 2 rings (SSSR count). The summed E-state index contributed by atoms with van der Waals surface area (Å²) < 4.78 is 2.13. The van der Waals surface area contributed by atoms with Crippen molar-refractivity contribution in [3.05, 3.63) is 56.3 Å². The van der Waals surface area contributed by atoms with Gasteiger partial charge in [-0.3, -0.25) is 9.36 Å². The number of halogens is 1. The monoisotopic (exact) mass is 342 g/mol. The van der Waals surface area contributed by atoms with Gasteiger partial charge in [0.1, 0.15) is 0 Å². The number of hydrogen-bond acceptors (Lipinski definition) is 3. The third kappa shape index (κ3) is 2.21. The number of carboxylic acids is 1. The highest BCUT2D eigenvalue weighted by Gasteiger charge is 2.13. The van der Waals surface area contributed by atoms with E-state index in [0.29, 0.717) is 5.69 Å². The number of nitrogens with zero attached hydrogens (tertiary/aromatic N) is 2. The van der Waals surface area contributed by atoms with Gasteiger partial charge in [-0.15, -0.1) is 0 Å². The Kier molecular flexibility index (Phi) is 3.23. The Labute approximate surface area is 110 Å². The fourth-order valence-corrected chi connectivity index (χ4v) is 2.04. The first kappa shape index (κ1) is 11.8. The Balaban J connectivity index is 2.70. The molecule has 0 aliphatic carbocycles. The molecule has 86 valence electrons. The highest BCUT2D eigenvalue weighted by molar-refractivity contribution is 14.1. The number of aromatic carboxylic acids is 1. The van der Waals surface area contributed by atoms with Gasteiger partial charge in [0.15, 0.2) is 0 Å². The summed E-state index contributed by atoms with van der Waals surface area (Å²) in [6.07, 6.45) is 2.75. The average Bonchev–Trinajstić information content (AvgIpc) is 2.30. The van der Waals surface area contributed by atoms with Crippen LogP contribution in [-0.2, 0) is 0 Å². The minimum absolute atomic E-state index is 0.479. The molecule has 0 saturated heterocycles. The molecule has 0 unspecified atom stereocenters. The van der Waals surface area contributed by atoms with Crippen molar-refractivity contribution in [2.24, 2.45) is 0 Å². The van der Waals surface area contributed by atoms with Gasteiger partial charge in [-0.1, -0.05) is 12.1 Å². The van der Waals surface area contributed by atoms with Crippen LogP contribution >= 0.6 is 22.6 Å². The van der Waals surface area contributed by atoms with E-state index in [1.165, 1.54) is 17.0 Å². The van der Waals surface area contributed by atoms with E-state index in [2.05, 4.69) is 27.6 Å². The van der Waals surface area contributed by atoms with Gasteiger partial charge in [0.2, 0.25) is 5.69 Å². The van der Waals surface area contributed by atoms with Gasteiger partial charge in [0.05, 0.1) is 5.69 Å². The van der Waals surface area contributed by atoms with Crippen molar-refractivity contribution >= 4 is 28.6 Å². The topological polar surface area (TPSA) is 72.2 Å². The van der Waals surface area contributed by atoms with Crippen LogP contribution in [0.25, 0.3) is 5.69 Å². The number of aromatic nitrogens is 2. The van der Waals surface area contributed by atoms with Crippen LogP contribution in [0, 0.1) is 3.57 Å². The Morgan fingerprint density at radius 3 is 2.71 bits per heavy atom. The average molecular weight is 342 g/mol. The highest BCUT2D eigenvalue weighted by Crippen LogP contribution is 2.14. The number of para-hydroxylation sites is 1. The first-order valence-corrected chi connectivity index (χ1v) is 5.75. The Bertz CT molecular complexity index is 637. The molecular formula is C11H7IN2O3. The molecule has 0 aliphatic rings. The van der Waals surface area contributed by atoms with Crippen molar-refractivity contribution in [1.82, 2.24) is 9.55 Å². The highest BCUT2D eigenvalue weighted by atomic mass is 127. The predicted octanol–water partition coefficient (Wildman–Crippen LogP) is 1.54. The van der Waals surface area contributed by atoms with E-state index in [1.807, 2.05) is 12.1 Å². The van der Waals surface area contributed by atoms with Crippen LogP contribution in [0.15, 0.2) is 41.5 Å². The lowest BCUT2D eigenvalue weighted by atomic mass is 10.3. The number of hydrogen-bond donors (Lipinski definition) is 1. The van der Waals surface area contributed by atoms with Gasteiger partial charge < -0.3 is 5.11 Å². The standard InChI is InChI=1S/C11H7IN2O3/c12-7-3-1-2-4-8(7)14-6-5-13-9(10(14)15)11(16)17/h1-6H,(H,16,17). The molecule has 0 bridgehead atoms. The second-order valence-corrected chi connectivity index (χ2v) is 4.37. The Morgan fingerprint density at radius 1 is 1.35 bits per heavy atom. The molecular weight excluding hydrogens is 335 g/mol. The molecule has 0 saturated carbocycles. The van der Waals surface area contributed by atoms with Crippen LogP contribution in [0.4, 0.5) is 0 Å². The maximum Gasteiger partial charge on any atom is 0.360 e. The van der Waals surface area contributed by atoms with Crippen LogP contribution < -0.4 is 5.56 Å². The van der Waals surface area contributed by atoms with E-state index in [9.17, 15) is 9.59 Å². The summed E-state index contributed by atoms with van der Waals surface area (Å²) in [5.74, 6) is -1.32. The van der Waals surface area contributed by atoms with Crippen LogP contribution in [-0.4, -0.2) is 20.6 Å². The van der Waals surface area contributed by atoms with Gasteiger partial charge in [0.25, 0.3) is 5.56 Å². The van der Waals surface area contributed by atoms with Crippen molar-refractivity contribution in [2.75, 3.05) is 0 Å². The lowest BCUT2D eigenvalue weighted by molar-refractivity contribution is 0.0688. The largest absolute Gasteiger partial charge is 0.476 e. The zero-order valence-corrected chi connectivity index (χ0v) is 10.7. The second kappa shape index (κ2) is 4.66. The zero-order chi connectivity index (χ0) is 12.4. The first-order chi connectivity index (χ1) is 8.11. The summed E-state index contributed by atoms with van der Waals surface area (Å²) in [7, 11) is 0.